The normalized spacial score (nSPS) is 18.0. The molecule has 0 bridgehead atoms. The number of benzene rings is 1. The number of nitrogens with zero attached hydrogens (tertiary/aromatic N) is 5. The number of piperidine rings is 1. The highest BCUT2D eigenvalue weighted by Crippen LogP contribution is 2.32. The molecule has 2 atom stereocenters. The molecule has 3 N–H and O–H groups in total. The number of amides is 1. The van der Waals surface area contributed by atoms with Gasteiger partial charge in [0, 0.05) is 19.3 Å². The monoisotopic (exact) mass is 479 g/mol. The van der Waals surface area contributed by atoms with Crippen LogP contribution in [0.5, 0.6) is 0 Å². The minimum absolute atomic E-state index is 0.133. The first-order valence-corrected chi connectivity index (χ1v) is 11.2. The largest absolute Gasteiger partial charge is 0.465 e. The minimum atomic E-state index is -1.05. The summed E-state index contributed by atoms with van der Waals surface area (Å²) in [5.41, 5.74) is 2.03. The Kier molecular flexibility index (Phi) is 5.89. The first-order valence-electron chi connectivity index (χ1n) is 11.2. The maximum atomic E-state index is 14.3. The van der Waals surface area contributed by atoms with Crippen molar-refractivity contribution in [3.8, 4) is 11.3 Å². The number of halogens is 2. The van der Waals surface area contributed by atoms with Crippen LogP contribution in [-0.4, -0.2) is 49.9 Å². The van der Waals surface area contributed by atoms with Gasteiger partial charge in [0.25, 0.3) is 0 Å². The van der Waals surface area contributed by atoms with Crippen molar-refractivity contribution in [1.82, 2.24) is 24.9 Å². The smallest absolute Gasteiger partial charge is 0.404 e. The molecule has 0 saturated carbocycles. The molecule has 1 aliphatic rings. The summed E-state index contributed by atoms with van der Waals surface area (Å²) in [6.45, 7) is 3.28. The van der Waals surface area contributed by atoms with Crippen LogP contribution in [0.4, 0.5) is 30.9 Å². The van der Waals surface area contributed by atoms with Gasteiger partial charge in [0.15, 0.2) is 0 Å². The molecule has 9 nitrogen and oxygen atoms in total. The molecular formula is C24H23F2N7O2. The van der Waals surface area contributed by atoms with Crippen LogP contribution in [0.2, 0.25) is 0 Å². The average molecular weight is 479 g/mol. The molecule has 5 rings (SSSR count). The van der Waals surface area contributed by atoms with Gasteiger partial charge in [-0.3, -0.25) is 4.98 Å². The molecule has 1 fully saturated rings. The number of anilines is 3. The highest BCUT2D eigenvalue weighted by Gasteiger charge is 2.29. The second kappa shape index (κ2) is 9.16. The fourth-order valence-electron chi connectivity index (χ4n) is 4.36. The fourth-order valence-corrected chi connectivity index (χ4v) is 4.36. The lowest BCUT2D eigenvalue weighted by molar-refractivity contribution is 0.182. The van der Waals surface area contributed by atoms with Gasteiger partial charge in [-0.15, -0.1) is 0 Å². The van der Waals surface area contributed by atoms with Crippen molar-refractivity contribution in [2.75, 3.05) is 23.3 Å². The molecule has 4 aromatic rings. The number of carbonyl (C=O) groups is 1. The van der Waals surface area contributed by atoms with Gasteiger partial charge in [0.1, 0.15) is 11.6 Å². The van der Waals surface area contributed by atoms with E-state index in [0.29, 0.717) is 23.7 Å². The van der Waals surface area contributed by atoms with Crippen LogP contribution in [0.15, 0.2) is 55.0 Å². The standard InChI is InChI=1S/C24H23F2N7O2/c1-14-8-10-32(13-20(14)30-24(34)35)21-7-9-27-12-19(21)29-23-28-11-15-5-6-18(31-33(15)23)22-16(25)3-2-4-17(22)26/h2-7,9,11-12,14,20,30H,8,10,13H2,1H3,(H,28,29)(H,34,35)/t14-,20-/m1/s1. The quantitative estimate of drug-likeness (QED) is 0.392. The van der Waals surface area contributed by atoms with Gasteiger partial charge in [0.2, 0.25) is 5.95 Å². The molecule has 0 spiro atoms. The van der Waals surface area contributed by atoms with E-state index in [-0.39, 0.29) is 23.2 Å². The van der Waals surface area contributed by atoms with Crippen LogP contribution in [-0.2, 0) is 0 Å². The number of hydrogen-bond acceptors (Lipinski definition) is 6. The molecule has 11 heteroatoms. The van der Waals surface area contributed by atoms with E-state index in [1.54, 1.807) is 30.7 Å². The van der Waals surface area contributed by atoms with Gasteiger partial charge in [0.05, 0.1) is 46.6 Å². The highest BCUT2D eigenvalue weighted by molar-refractivity contribution is 5.74. The third-order valence-electron chi connectivity index (χ3n) is 6.26. The van der Waals surface area contributed by atoms with E-state index >= 15 is 0 Å². The Morgan fingerprint density at radius 2 is 1.94 bits per heavy atom. The van der Waals surface area contributed by atoms with Crippen molar-refractivity contribution < 1.29 is 18.7 Å². The summed E-state index contributed by atoms with van der Waals surface area (Å²) in [5.74, 6) is -0.855. The summed E-state index contributed by atoms with van der Waals surface area (Å²) in [7, 11) is 0. The van der Waals surface area contributed by atoms with Crippen LogP contribution in [0.3, 0.4) is 0 Å². The van der Waals surface area contributed by atoms with Crippen molar-refractivity contribution >= 4 is 28.9 Å². The van der Waals surface area contributed by atoms with Gasteiger partial charge in [-0.25, -0.2) is 18.6 Å². The van der Waals surface area contributed by atoms with E-state index in [9.17, 15) is 18.7 Å². The van der Waals surface area contributed by atoms with E-state index in [1.165, 1.54) is 22.7 Å². The highest BCUT2D eigenvalue weighted by atomic mass is 19.1. The molecule has 1 amide bonds. The number of rotatable bonds is 5. The summed E-state index contributed by atoms with van der Waals surface area (Å²) in [4.78, 5) is 21.9. The third kappa shape index (κ3) is 4.44. The van der Waals surface area contributed by atoms with Crippen LogP contribution < -0.4 is 15.5 Å². The molecule has 4 heterocycles. The first kappa shape index (κ1) is 22.5. The van der Waals surface area contributed by atoms with Crippen molar-refractivity contribution in [2.24, 2.45) is 5.92 Å². The zero-order valence-electron chi connectivity index (χ0n) is 18.8. The van der Waals surface area contributed by atoms with Crippen LogP contribution >= 0.6 is 0 Å². The molecule has 35 heavy (non-hydrogen) atoms. The summed E-state index contributed by atoms with van der Waals surface area (Å²) >= 11 is 0. The van der Waals surface area contributed by atoms with E-state index in [1.807, 2.05) is 13.0 Å². The van der Waals surface area contributed by atoms with Gasteiger partial charge in [-0.1, -0.05) is 13.0 Å². The van der Waals surface area contributed by atoms with Crippen LogP contribution in [0.25, 0.3) is 16.8 Å². The number of fused-ring (bicyclic) bond motifs is 1. The molecule has 0 aliphatic carbocycles. The maximum absolute atomic E-state index is 14.3. The second-order valence-corrected chi connectivity index (χ2v) is 8.52. The summed E-state index contributed by atoms with van der Waals surface area (Å²) in [6.07, 6.45) is 4.68. The van der Waals surface area contributed by atoms with E-state index < -0.39 is 17.7 Å². The summed E-state index contributed by atoms with van der Waals surface area (Å²) in [5, 5.41) is 19.4. The van der Waals surface area contributed by atoms with Crippen molar-refractivity contribution in [3.05, 3.63) is 66.6 Å². The molecule has 3 aromatic heterocycles. The maximum Gasteiger partial charge on any atom is 0.404 e. The Bertz CT molecular complexity index is 1370. The zero-order chi connectivity index (χ0) is 24.5. The number of hydrogen-bond donors (Lipinski definition) is 3. The number of pyridine rings is 1. The van der Waals surface area contributed by atoms with Gasteiger partial charge < -0.3 is 20.6 Å². The molecule has 0 unspecified atom stereocenters. The average Bonchev–Trinajstić information content (AvgIpc) is 3.23. The Morgan fingerprint density at radius 1 is 1.14 bits per heavy atom. The van der Waals surface area contributed by atoms with Gasteiger partial charge >= 0.3 is 6.09 Å². The Balaban J connectivity index is 1.47. The number of nitrogens with one attached hydrogen (secondary N) is 2. The lowest BCUT2D eigenvalue weighted by Gasteiger charge is -2.38. The van der Waals surface area contributed by atoms with E-state index in [0.717, 1.165) is 18.7 Å². The molecule has 1 aliphatic heterocycles. The van der Waals surface area contributed by atoms with Gasteiger partial charge in [-0.2, -0.15) is 9.61 Å². The predicted octanol–water partition coefficient (Wildman–Crippen LogP) is 4.30. The van der Waals surface area contributed by atoms with Crippen molar-refractivity contribution in [1.29, 1.82) is 0 Å². The van der Waals surface area contributed by atoms with Gasteiger partial charge in [-0.05, 0) is 42.7 Å². The summed E-state index contributed by atoms with van der Waals surface area (Å²) < 4.78 is 30.1. The Morgan fingerprint density at radius 3 is 2.71 bits per heavy atom. The SMILES string of the molecule is C[C@@H]1CCN(c2ccncc2Nc2ncc3ccc(-c4c(F)cccc4F)nn23)C[C@H]1NC(=O)O. The summed E-state index contributed by atoms with van der Waals surface area (Å²) in [6, 6.07) is 8.54. The first-order chi connectivity index (χ1) is 16.9. The number of imidazole rings is 1. The second-order valence-electron chi connectivity index (χ2n) is 8.52. The van der Waals surface area contributed by atoms with Crippen molar-refractivity contribution in [3.63, 3.8) is 0 Å². The predicted molar refractivity (Wildman–Crippen MR) is 127 cm³/mol. The van der Waals surface area contributed by atoms with Crippen molar-refractivity contribution in [2.45, 2.75) is 19.4 Å². The lowest BCUT2D eigenvalue weighted by atomic mass is 9.93. The topological polar surface area (TPSA) is 108 Å². The molecular weight excluding hydrogens is 456 g/mol. The Hall–Kier alpha value is -4.28. The number of carboxylic acid groups (broad SMARTS) is 1. The Labute approximate surface area is 199 Å². The number of aromatic nitrogens is 4. The van der Waals surface area contributed by atoms with E-state index in [2.05, 4.69) is 30.6 Å². The molecule has 1 aromatic carbocycles. The third-order valence-corrected chi connectivity index (χ3v) is 6.26. The van der Waals surface area contributed by atoms with Crippen LogP contribution in [0, 0.1) is 17.6 Å². The lowest BCUT2D eigenvalue weighted by Crippen LogP contribution is -2.51. The fraction of sp³-hybridized carbons (Fsp3) is 0.250. The zero-order valence-corrected chi connectivity index (χ0v) is 18.8. The molecule has 0 radical (unpaired) electrons. The minimum Gasteiger partial charge on any atom is -0.465 e. The molecule has 180 valence electrons. The molecule has 1 saturated heterocycles. The van der Waals surface area contributed by atoms with E-state index in [4.69, 9.17) is 0 Å². The van der Waals surface area contributed by atoms with Crippen LogP contribution in [0.1, 0.15) is 13.3 Å².